The van der Waals surface area contributed by atoms with E-state index in [2.05, 4.69) is 20.8 Å². The fourth-order valence-electron chi connectivity index (χ4n) is 8.18. The minimum absolute atomic E-state index is 0.110. The van der Waals surface area contributed by atoms with Crippen molar-refractivity contribution in [3.8, 4) is 0 Å². The molecular formula is C29H36O6. The van der Waals surface area contributed by atoms with Gasteiger partial charge in [-0.05, 0) is 50.2 Å². The van der Waals surface area contributed by atoms with Crippen molar-refractivity contribution in [2.45, 2.75) is 88.6 Å². The Kier molecular flexibility index (Phi) is 5.08. The minimum Gasteiger partial charge on any atom is -0.463 e. The van der Waals surface area contributed by atoms with Crippen LogP contribution in [0, 0.1) is 16.7 Å². The van der Waals surface area contributed by atoms with E-state index in [-0.39, 0.29) is 40.4 Å². The van der Waals surface area contributed by atoms with E-state index in [0.29, 0.717) is 19.4 Å². The zero-order valence-corrected chi connectivity index (χ0v) is 21.0. The first-order valence-corrected chi connectivity index (χ1v) is 13.1. The van der Waals surface area contributed by atoms with Crippen LogP contribution in [0.5, 0.6) is 0 Å². The predicted molar refractivity (Wildman–Crippen MR) is 129 cm³/mol. The van der Waals surface area contributed by atoms with Crippen LogP contribution < -0.4 is 0 Å². The van der Waals surface area contributed by atoms with Gasteiger partial charge in [0, 0.05) is 23.3 Å². The predicted octanol–water partition coefficient (Wildman–Crippen LogP) is 4.85. The van der Waals surface area contributed by atoms with Crippen molar-refractivity contribution >= 4 is 18.0 Å². The average Bonchev–Trinajstić information content (AvgIpc) is 3.53. The Hall–Kier alpha value is -2.18. The van der Waals surface area contributed by atoms with Gasteiger partial charge in [0.15, 0.2) is 0 Å². The van der Waals surface area contributed by atoms with Crippen molar-refractivity contribution in [1.29, 1.82) is 0 Å². The summed E-state index contributed by atoms with van der Waals surface area (Å²) in [5.74, 6) is -0.233. The molecule has 2 aliphatic carbocycles. The first-order valence-electron chi connectivity index (χ1n) is 13.1. The van der Waals surface area contributed by atoms with E-state index < -0.39 is 11.2 Å². The highest BCUT2D eigenvalue weighted by Crippen LogP contribution is 2.72. The van der Waals surface area contributed by atoms with Crippen LogP contribution in [0.15, 0.2) is 36.4 Å². The summed E-state index contributed by atoms with van der Waals surface area (Å²) in [5, 5.41) is 0. The molecule has 5 fully saturated rings. The van der Waals surface area contributed by atoms with E-state index in [9.17, 15) is 9.59 Å². The summed E-state index contributed by atoms with van der Waals surface area (Å²) in [6.45, 7) is 7.87. The van der Waals surface area contributed by atoms with Gasteiger partial charge in [-0.3, -0.25) is 4.79 Å². The van der Waals surface area contributed by atoms with Crippen molar-refractivity contribution in [3.63, 3.8) is 0 Å². The first kappa shape index (κ1) is 23.2. The van der Waals surface area contributed by atoms with Crippen molar-refractivity contribution in [1.82, 2.24) is 0 Å². The fourth-order valence-corrected chi connectivity index (χ4v) is 8.18. The number of ether oxygens (including phenoxy) is 4. The molecule has 1 aromatic rings. The smallest absolute Gasteiger partial charge is 0.331 e. The molecule has 5 aliphatic rings. The van der Waals surface area contributed by atoms with Gasteiger partial charge in [0.1, 0.15) is 23.9 Å². The van der Waals surface area contributed by atoms with Gasteiger partial charge >= 0.3 is 11.9 Å². The number of fused-ring (bicyclic) bond motifs is 4. The van der Waals surface area contributed by atoms with Gasteiger partial charge in [-0.25, -0.2) is 4.79 Å². The molecule has 3 heterocycles. The molecule has 7 atom stereocenters. The topological polar surface area (TPSA) is 74.4 Å². The summed E-state index contributed by atoms with van der Waals surface area (Å²) in [4.78, 5) is 25.2. The molecule has 0 radical (unpaired) electrons. The van der Waals surface area contributed by atoms with Crippen LogP contribution in [0.25, 0.3) is 6.08 Å². The maximum atomic E-state index is 13.1. The molecule has 0 aromatic heterocycles. The fraction of sp³-hybridized carbons (Fsp3) is 0.655. The van der Waals surface area contributed by atoms with E-state index in [4.69, 9.17) is 18.9 Å². The SMILES string of the molecule is C[C@@]12[C@@H](OC(=O)/C=C/c3ccccc3)C[C@]3(C)O[C@]4(CC[C@]3(C)[C@H]1CCC[C@]21CO1)COC(=O)C4. The lowest BCUT2D eigenvalue weighted by Crippen LogP contribution is -2.72. The second-order valence-electron chi connectivity index (χ2n) is 12.2. The summed E-state index contributed by atoms with van der Waals surface area (Å²) in [6, 6.07) is 9.77. The van der Waals surface area contributed by atoms with Crippen molar-refractivity contribution in [2.75, 3.05) is 13.2 Å². The second kappa shape index (κ2) is 7.66. The van der Waals surface area contributed by atoms with Gasteiger partial charge in [-0.1, -0.05) is 50.6 Å². The molecule has 188 valence electrons. The molecule has 6 nitrogen and oxygen atoms in total. The van der Waals surface area contributed by atoms with Gasteiger partial charge in [-0.2, -0.15) is 0 Å². The van der Waals surface area contributed by atoms with Crippen molar-refractivity contribution < 1.29 is 28.5 Å². The number of carbonyl (C=O) groups excluding carboxylic acids is 2. The summed E-state index contributed by atoms with van der Waals surface area (Å²) < 4.78 is 24.8. The van der Waals surface area contributed by atoms with Gasteiger partial charge in [-0.15, -0.1) is 0 Å². The third-order valence-electron chi connectivity index (χ3n) is 10.5. The molecule has 6 heteroatoms. The summed E-state index contributed by atoms with van der Waals surface area (Å²) in [6.07, 6.45) is 8.83. The van der Waals surface area contributed by atoms with Crippen LogP contribution in [-0.2, 0) is 28.5 Å². The standard InChI is InChI=1S/C29H36O6/c1-25-14-15-28(17-24(31)32-18-28)35-26(25,2)16-22(27(3)21(25)10-7-13-29(27)19-33-29)34-23(30)12-11-20-8-5-4-6-9-20/h4-6,8-9,11-12,21-22H,7,10,13-19H2,1-3H3/b12-11+/t21-,22+,25-,26+,27+,28+,29+/m1/s1. The van der Waals surface area contributed by atoms with Crippen LogP contribution >= 0.6 is 0 Å². The molecule has 3 saturated heterocycles. The highest BCUT2D eigenvalue weighted by atomic mass is 16.6. The molecule has 0 amide bonds. The van der Waals surface area contributed by atoms with E-state index in [1.54, 1.807) is 6.08 Å². The number of hydrogen-bond acceptors (Lipinski definition) is 6. The monoisotopic (exact) mass is 480 g/mol. The van der Waals surface area contributed by atoms with E-state index >= 15 is 0 Å². The van der Waals surface area contributed by atoms with Gasteiger partial charge < -0.3 is 18.9 Å². The number of cyclic esters (lactones) is 1. The van der Waals surface area contributed by atoms with E-state index in [0.717, 1.165) is 44.3 Å². The Bertz CT molecular complexity index is 1060. The van der Waals surface area contributed by atoms with Crippen LogP contribution in [0.2, 0.25) is 0 Å². The third kappa shape index (κ3) is 3.36. The largest absolute Gasteiger partial charge is 0.463 e. The van der Waals surface area contributed by atoms with Gasteiger partial charge in [0.05, 0.1) is 18.6 Å². The summed E-state index contributed by atoms with van der Waals surface area (Å²) in [7, 11) is 0. The first-order chi connectivity index (χ1) is 16.6. The molecule has 0 bridgehead atoms. The Morgan fingerprint density at radius 1 is 1.09 bits per heavy atom. The molecule has 0 unspecified atom stereocenters. The highest BCUT2D eigenvalue weighted by Gasteiger charge is 2.76. The lowest BCUT2D eigenvalue weighted by Gasteiger charge is -2.68. The van der Waals surface area contributed by atoms with Crippen LogP contribution in [0.3, 0.4) is 0 Å². The summed E-state index contributed by atoms with van der Waals surface area (Å²) in [5.41, 5.74) is -0.767. The molecule has 3 aliphatic heterocycles. The Balaban J connectivity index is 1.33. The molecular weight excluding hydrogens is 444 g/mol. The number of hydrogen-bond donors (Lipinski definition) is 0. The number of epoxide rings is 1. The Labute approximate surface area is 207 Å². The molecule has 0 N–H and O–H groups in total. The molecule has 2 spiro atoms. The Morgan fingerprint density at radius 2 is 1.86 bits per heavy atom. The number of benzene rings is 1. The van der Waals surface area contributed by atoms with Gasteiger partial charge in [0.25, 0.3) is 0 Å². The van der Waals surface area contributed by atoms with Crippen LogP contribution in [0.4, 0.5) is 0 Å². The maximum absolute atomic E-state index is 13.1. The van der Waals surface area contributed by atoms with E-state index in [1.807, 2.05) is 30.3 Å². The highest BCUT2D eigenvalue weighted by molar-refractivity contribution is 5.87. The third-order valence-corrected chi connectivity index (χ3v) is 10.5. The molecule has 2 saturated carbocycles. The van der Waals surface area contributed by atoms with Crippen molar-refractivity contribution in [2.24, 2.45) is 16.7 Å². The molecule has 35 heavy (non-hydrogen) atoms. The number of rotatable bonds is 3. The summed E-state index contributed by atoms with van der Waals surface area (Å²) >= 11 is 0. The minimum atomic E-state index is -0.566. The van der Waals surface area contributed by atoms with Crippen LogP contribution in [-0.4, -0.2) is 48.1 Å². The Morgan fingerprint density at radius 3 is 2.54 bits per heavy atom. The van der Waals surface area contributed by atoms with Crippen molar-refractivity contribution in [3.05, 3.63) is 42.0 Å². The number of esters is 2. The average molecular weight is 481 g/mol. The number of carbonyl (C=O) groups is 2. The maximum Gasteiger partial charge on any atom is 0.331 e. The second-order valence-corrected chi connectivity index (χ2v) is 12.2. The molecule has 6 rings (SSSR count). The zero-order chi connectivity index (χ0) is 24.5. The zero-order valence-electron chi connectivity index (χ0n) is 21.0. The normalized spacial score (nSPS) is 46.3. The van der Waals surface area contributed by atoms with Gasteiger partial charge in [0.2, 0.25) is 0 Å². The molecule has 1 aromatic carbocycles. The van der Waals surface area contributed by atoms with Crippen LogP contribution in [0.1, 0.15) is 71.3 Å². The lowest BCUT2D eigenvalue weighted by molar-refractivity contribution is -0.317. The van der Waals surface area contributed by atoms with E-state index in [1.165, 1.54) is 6.08 Å². The quantitative estimate of drug-likeness (QED) is 0.350. The lowest BCUT2D eigenvalue weighted by atomic mass is 9.41.